The molecule has 1 unspecified atom stereocenters. The molecule has 1 aromatic rings. The summed E-state index contributed by atoms with van der Waals surface area (Å²) in [6.45, 7) is 4.69. The molecule has 0 bridgehead atoms. The van der Waals surface area contributed by atoms with Crippen LogP contribution in [0.25, 0.3) is 0 Å². The summed E-state index contributed by atoms with van der Waals surface area (Å²) in [5.41, 5.74) is 1.22. The van der Waals surface area contributed by atoms with Gasteiger partial charge in [0.05, 0.1) is 19.3 Å². The average molecular weight is 339 g/mol. The molecule has 0 aromatic heterocycles. The Balaban J connectivity index is 1.59. The molecule has 1 saturated carbocycles. The Hall–Kier alpha value is -0.650. The highest BCUT2D eigenvalue weighted by atomic mass is 35.5. The monoisotopic (exact) mass is 338 g/mol. The van der Waals surface area contributed by atoms with E-state index in [-0.39, 0.29) is 11.6 Å². The lowest BCUT2D eigenvalue weighted by atomic mass is 9.88. The van der Waals surface area contributed by atoms with Crippen LogP contribution in [0.15, 0.2) is 24.3 Å². The molecule has 4 nitrogen and oxygen atoms in total. The largest absolute Gasteiger partial charge is 0.390 e. The predicted octanol–water partition coefficient (Wildman–Crippen LogP) is 2.39. The molecule has 128 valence electrons. The van der Waals surface area contributed by atoms with Gasteiger partial charge in [0.15, 0.2) is 0 Å². The minimum atomic E-state index is -0.357. The number of aliphatic hydroxyl groups is 1. The summed E-state index contributed by atoms with van der Waals surface area (Å²) in [4.78, 5) is 2.27. The fraction of sp³-hybridized carbons (Fsp3) is 0.667. The summed E-state index contributed by atoms with van der Waals surface area (Å²) >= 11 is 6.18. The molecule has 1 aliphatic carbocycles. The Kier molecular flexibility index (Phi) is 5.94. The Morgan fingerprint density at radius 2 is 2.00 bits per heavy atom. The topological polar surface area (TPSA) is 44.7 Å². The van der Waals surface area contributed by atoms with Crippen molar-refractivity contribution in [1.29, 1.82) is 0 Å². The molecular formula is C18H27ClN2O2. The number of halogens is 1. The lowest BCUT2D eigenvalue weighted by molar-refractivity contribution is 0.0133. The van der Waals surface area contributed by atoms with Crippen LogP contribution in [-0.2, 0) is 10.3 Å². The van der Waals surface area contributed by atoms with Crippen LogP contribution in [0.3, 0.4) is 0 Å². The van der Waals surface area contributed by atoms with E-state index >= 15 is 0 Å². The minimum absolute atomic E-state index is 0.0309. The van der Waals surface area contributed by atoms with Gasteiger partial charge in [-0.15, -0.1) is 0 Å². The molecule has 0 radical (unpaired) electrons. The summed E-state index contributed by atoms with van der Waals surface area (Å²) in [5, 5.41) is 14.8. The van der Waals surface area contributed by atoms with Gasteiger partial charge >= 0.3 is 0 Å². The Bertz CT molecular complexity index is 500. The quantitative estimate of drug-likeness (QED) is 0.836. The number of hydrogen-bond donors (Lipinski definition) is 2. The number of hydrogen-bond acceptors (Lipinski definition) is 4. The number of ether oxygens (including phenoxy) is 1. The Morgan fingerprint density at radius 1 is 1.26 bits per heavy atom. The third-order valence-electron chi connectivity index (χ3n) is 5.08. The molecule has 2 N–H and O–H groups in total. The second-order valence-corrected chi connectivity index (χ2v) is 7.18. The van der Waals surface area contributed by atoms with Crippen molar-refractivity contribution in [2.24, 2.45) is 0 Å². The second kappa shape index (κ2) is 7.95. The second-order valence-electron chi connectivity index (χ2n) is 6.75. The molecule has 1 aromatic carbocycles. The predicted molar refractivity (Wildman–Crippen MR) is 92.9 cm³/mol. The molecular weight excluding hydrogens is 312 g/mol. The van der Waals surface area contributed by atoms with Gasteiger partial charge in [0, 0.05) is 36.7 Å². The number of benzene rings is 1. The van der Waals surface area contributed by atoms with E-state index in [0.29, 0.717) is 13.1 Å². The smallest absolute Gasteiger partial charge is 0.0791 e. The molecule has 2 fully saturated rings. The van der Waals surface area contributed by atoms with E-state index in [0.717, 1.165) is 44.2 Å². The highest BCUT2D eigenvalue weighted by Gasteiger charge is 2.35. The molecule has 1 saturated heterocycles. The fourth-order valence-corrected chi connectivity index (χ4v) is 3.98. The zero-order chi connectivity index (χ0) is 16.1. The highest BCUT2D eigenvalue weighted by molar-refractivity contribution is 6.30. The molecule has 0 amide bonds. The first-order valence-corrected chi connectivity index (χ1v) is 9.05. The zero-order valence-corrected chi connectivity index (χ0v) is 14.4. The van der Waals surface area contributed by atoms with E-state index in [4.69, 9.17) is 16.3 Å². The molecule has 5 heteroatoms. The van der Waals surface area contributed by atoms with E-state index in [1.807, 2.05) is 12.1 Å². The Morgan fingerprint density at radius 3 is 2.70 bits per heavy atom. The van der Waals surface area contributed by atoms with Gasteiger partial charge in [-0.3, -0.25) is 4.90 Å². The van der Waals surface area contributed by atoms with Gasteiger partial charge in [-0.25, -0.2) is 0 Å². The van der Waals surface area contributed by atoms with Crippen molar-refractivity contribution in [1.82, 2.24) is 10.2 Å². The first-order valence-electron chi connectivity index (χ1n) is 8.67. The van der Waals surface area contributed by atoms with Crippen LogP contribution in [0.1, 0.15) is 31.2 Å². The molecule has 2 aliphatic rings. The van der Waals surface area contributed by atoms with Crippen LogP contribution in [0.4, 0.5) is 0 Å². The fourth-order valence-electron chi connectivity index (χ4n) is 3.79. The third-order valence-corrected chi connectivity index (χ3v) is 5.32. The van der Waals surface area contributed by atoms with Crippen LogP contribution in [0.2, 0.25) is 5.02 Å². The number of nitrogens with zero attached hydrogens (tertiary/aromatic N) is 1. The lowest BCUT2D eigenvalue weighted by Gasteiger charge is -2.34. The first kappa shape index (κ1) is 17.2. The van der Waals surface area contributed by atoms with E-state index in [1.165, 1.54) is 18.4 Å². The molecule has 1 heterocycles. The van der Waals surface area contributed by atoms with Crippen LogP contribution < -0.4 is 5.32 Å². The molecule has 3 rings (SSSR count). The summed E-state index contributed by atoms with van der Waals surface area (Å²) in [6.07, 6.45) is 4.30. The zero-order valence-electron chi connectivity index (χ0n) is 13.6. The summed E-state index contributed by atoms with van der Waals surface area (Å²) in [6, 6.07) is 8.15. The molecule has 1 aliphatic heterocycles. The van der Waals surface area contributed by atoms with Crippen LogP contribution in [0.5, 0.6) is 0 Å². The average Bonchev–Trinajstić information content (AvgIpc) is 3.04. The van der Waals surface area contributed by atoms with Crippen molar-refractivity contribution in [2.45, 2.75) is 37.3 Å². The van der Waals surface area contributed by atoms with Crippen molar-refractivity contribution >= 4 is 11.6 Å². The third kappa shape index (κ3) is 4.46. The van der Waals surface area contributed by atoms with Crippen molar-refractivity contribution in [3.63, 3.8) is 0 Å². The normalized spacial score (nSPS) is 23.0. The minimum Gasteiger partial charge on any atom is -0.390 e. The van der Waals surface area contributed by atoms with Crippen molar-refractivity contribution in [2.75, 3.05) is 39.4 Å². The maximum atomic E-state index is 10.4. The van der Waals surface area contributed by atoms with Crippen LogP contribution in [0, 0.1) is 0 Å². The lowest BCUT2D eigenvalue weighted by Crippen LogP contribution is -2.48. The molecule has 0 spiro atoms. The first-order chi connectivity index (χ1) is 11.2. The number of rotatable bonds is 6. The van der Waals surface area contributed by atoms with Crippen LogP contribution >= 0.6 is 11.6 Å². The summed E-state index contributed by atoms with van der Waals surface area (Å²) in [5.74, 6) is 0. The summed E-state index contributed by atoms with van der Waals surface area (Å²) in [7, 11) is 0. The number of morpholine rings is 1. The van der Waals surface area contributed by atoms with E-state index in [2.05, 4.69) is 22.3 Å². The number of aliphatic hydroxyl groups excluding tert-OH is 1. The maximum absolute atomic E-state index is 10.4. The summed E-state index contributed by atoms with van der Waals surface area (Å²) < 4.78 is 5.36. The molecule has 1 atom stereocenters. The van der Waals surface area contributed by atoms with Crippen molar-refractivity contribution < 1.29 is 9.84 Å². The van der Waals surface area contributed by atoms with E-state index < -0.39 is 0 Å². The van der Waals surface area contributed by atoms with Crippen molar-refractivity contribution in [3.8, 4) is 0 Å². The standard InChI is InChI=1S/C18H27ClN2O2/c19-16-5-3-4-15(12-16)18(6-1-2-7-18)20-13-17(22)14-21-8-10-23-11-9-21/h3-5,12,17,20,22H,1-2,6-11,13-14H2. The van der Waals surface area contributed by atoms with E-state index in [9.17, 15) is 5.11 Å². The Labute approximate surface area is 143 Å². The van der Waals surface area contributed by atoms with E-state index in [1.54, 1.807) is 0 Å². The van der Waals surface area contributed by atoms with Gasteiger partial charge in [0.2, 0.25) is 0 Å². The van der Waals surface area contributed by atoms with Gasteiger partial charge in [0.1, 0.15) is 0 Å². The number of β-amino-alcohol motifs (C(OH)–C–C–N with tert-alkyl or cyclic N) is 1. The molecule has 23 heavy (non-hydrogen) atoms. The van der Waals surface area contributed by atoms with Gasteiger partial charge in [0.25, 0.3) is 0 Å². The highest BCUT2D eigenvalue weighted by Crippen LogP contribution is 2.39. The SMILES string of the molecule is OC(CNC1(c2cccc(Cl)c2)CCCC1)CN1CCOCC1. The van der Waals surface area contributed by atoms with Crippen molar-refractivity contribution in [3.05, 3.63) is 34.9 Å². The van der Waals surface area contributed by atoms with Gasteiger partial charge in [-0.1, -0.05) is 36.6 Å². The maximum Gasteiger partial charge on any atom is 0.0791 e. The van der Waals surface area contributed by atoms with Gasteiger partial charge in [-0.05, 0) is 30.5 Å². The van der Waals surface area contributed by atoms with Gasteiger partial charge < -0.3 is 15.2 Å². The van der Waals surface area contributed by atoms with Gasteiger partial charge in [-0.2, -0.15) is 0 Å². The number of nitrogens with one attached hydrogen (secondary N) is 1. The van der Waals surface area contributed by atoms with Crippen LogP contribution in [-0.4, -0.2) is 55.5 Å².